The quantitative estimate of drug-likeness (QED) is 0.481. The molecule has 0 heterocycles. The van der Waals surface area contributed by atoms with Crippen LogP contribution in [0.25, 0.3) is 0 Å². The summed E-state index contributed by atoms with van der Waals surface area (Å²) in [6.07, 6.45) is 21.1. The molecule has 0 aromatic rings. The summed E-state index contributed by atoms with van der Waals surface area (Å²) in [7, 11) is 0. The first-order valence-corrected chi connectivity index (χ1v) is 12.7. The van der Waals surface area contributed by atoms with Gasteiger partial charge in [-0.1, -0.05) is 52.9 Å². The normalized spacial score (nSPS) is 49.3. The third kappa shape index (κ3) is 3.53. The van der Waals surface area contributed by atoms with Crippen molar-refractivity contribution in [3.05, 3.63) is 0 Å². The molecule has 1 nitrogen and oxygen atoms in total. The summed E-state index contributed by atoms with van der Waals surface area (Å²) in [5, 5.41) is 10.2. The average Bonchev–Trinajstić information content (AvgIpc) is 2.99. The van der Waals surface area contributed by atoms with Gasteiger partial charge in [0.25, 0.3) is 0 Å². The van der Waals surface area contributed by atoms with Gasteiger partial charge in [-0.15, -0.1) is 0 Å². The van der Waals surface area contributed by atoms with Gasteiger partial charge in [0.1, 0.15) is 0 Å². The highest BCUT2D eigenvalue weighted by atomic mass is 16.3. The number of hydrogen-bond donors (Lipinski definition) is 1. The highest BCUT2D eigenvalue weighted by Gasteiger charge is 2.59. The number of rotatable bonds is 6. The molecule has 1 heteroatoms. The van der Waals surface area contributed by atoms with Crippen LogP contribution in [0.5, 0.6) is 0 Å². The summed E-state index contributed by atoms with van der Waals surface area (Å²) in [5.74, 6) is 4.81. The number of aliphatic hydroxyl groups is 1. The van der Waals surface area contributed by atoms with Crippen LogP contribution in [0.1, 0.15) is 117 Å². The second-order valence-electron chi connectivity index (χ2n) is 11.6. The van der Waals surface area contributed by atoms with Gasteiger partial charge in [0.2, 0.25) is 0 Å². The minimum atomic E-state index is -0.00273. The molecular formula is C26H46O. The maximum Gasteiger partial charge on any atom is 0.0543 e. The van der Waals surface area contributed by atoms with Crippen LogP contribution in [-0.2, 0) is 0 Å². The van der Waals surface area contributed by atoms with Crippen molar-refractivity contribution in [2.24, 2.45) is 40.4 Å². The second kappa shape index (κ2) is 8.00. The van der Waals surface area contributed by atoms with E-state index in [0.717, 1.165) is 42.4 Å². The van der Waals surface area contributed by atoms with Crippen LogP contribution in [0, 0.1) is 40.4 Å². The number of aliphatic hydroxyl groups excluding tert-OH is 1. The highest BCUT2D eigenvalue weighted by Crippen LogP contribution is 2.67. The fraction of sp³-hybridized carbons (Fsp3) is 1.00. The Hall–Kier alpha value is -0.0400. The summed E-state index contributed by atoms with van der Waals surface area (Å²) in [6.45, 7) is 7.66. The first-order chi connectivity index (χ1) is 13.0. The summed E-state index contributed by atoms with van der Waals surface area (Å²) < 4.78 is 0. The van der Waals surface area contributed by atoms with E-state index in [9.17, 15) is 5.11 Å². The topological polar surface area (TPSA) is 20.2 Å². The monoisotopic (exact) mass is 374 g/mol. The predicted molar refractivity (Wildman–Crippen MR) is 115 cm³/mol. The van der Waals surface area contributed by atoms with Crippen molar-refractivity contribution in [1.82, 2.24) is 0 Å². The zero-order valence-electron chi connectivity index (χ0n) is 18.5. The van der Waals surface area contributed by atoms with Gasteiger partial charge < -0.3 is 5.11 Å². The second-order valence-corrected chi connectivity index (χ2v) is 11.6. The van der Waals surface area contributed by atoms with Gasteiger partial charge in [-0.05, 0) is 105 Å². The molecule has 1 N–H and O–H groups in total. The van der Waals surface area contributed by atoms with Crippen molar-refractivity contribution >= 4 is 0 Å². The predicted octanol–water partition coefficient (Wildman–Crippen LogP) is 7.37. The summed E-state index contributed by atoms with van der Waals surface area (Å²) >= 11 is 0. The van der Waals surface area contributed by atoms with Gasteiger partial charge in [0, 0.05) is 0 Å². The SMILES string of the molecule is CCCCCCCC1CCC2C3CCC4CC(O)CCC4(C)C3CCC12C. The highest BCUT2D eigenvalue weighted by molar-refractivity contribution is 5.09. The lowest BCUT2D eigenvalue weighted by Crippen LogP contribution is -2.53. The molecule has 8 unspecified atom stereocenters. The van der Waals surface area contributed by atoms with Crippen LogP contribution >= 0.6 is 0 Å². The molecule has 4 aliphatic rings. The Kier molecular flexibility index (Phi) is 6.00. The summed E-state index contributed by atoms with van der Waals surface area (Å²) in [6, 6.07) is 0. The maximum atomic E-state index is 10.2. The van der Waals surface area contributed by atoms with E-state index >= 15 is 0 Å². The van der Waals surface area contributed by atoms with Crippen LogP contribution in [0.15, 0.2) is 0 Å². The molecule has 0 aromatic heterocycles. The third-order valence-corrected chi connectivity index (χ3v) is 10.5. The van der Waals surface area contributed by atoms with E-state index in [4.69, 9.17) is 0 Å². The Morgan fingerprint density at radius 3 is 2.33 bits per heavy atom. The minimum absolute atomic E-state index is 0.00273. The lowest BCUT2D eigenvalue weighted by Gasteiger charge is -2.61. The molecule has 4 saturated carbocycles. The van der Waals surface area contributed by atoms with E-state index in [1.165, 1.54) is 83.5 Å². The zero-order valence-corrected chi connectivity index (χ0v) is 18.5. The van der Waals surface area contributed by atoms with Crippen molar-refractivity contribution in [2.75, 3.05) is 0 Å². The molecule has 0 spiro atoms. The molecule has 0 radical (unpaired) electrons. The molecule has 27 heavy (non-hydrogen) atoms. The van der Waals surface area contributed by atoms with Gasteiger partial charge in [-0.2, -0.15) is 0 Å². The zero-order chi connectivity index (χ0) is 19.1. The van der Waals surface area contributed by atoms with E-state index in [-0.39, 0.29) is 6.10 Å². The first-order valence-electron chi connectivity index (χ1n) is 12.7. The molecule has 0 aliphatic heterocycles. The lowest BCUT2D eigenvalue weighted by molar-refractivity contribution is -0.127. The van der Waals surface area contributed by atoms with Gasteiger partial charge in [0.05, 0.1) is 6.10 Å². The lowest BCUT2D eigenvalue weighted by atomic mass is 9.44. The first kappa shape index (κ1) is 20.2. The summed E-state index contributed by atoms with van der Waals surface area (Å²) in [4.78, 5) is 0. The van der Waals surface area contributed by atoms with Crippen molar-refractivity contribution < 1.29 is 5.11 Å². The van der Waals surface area contributed by atoms with Gasteiger partial charge >= 0.3 is 0 Å². The molecule has 0 bridgehead atoms. The van der Waals surface area contributed by atoms with Crippen LogP contribution < -0.4 is 0 Å². The number of fused-ring (bicyclic) bond motifs is 5. The van der Waals surface area contributed by atoms with E-state index in [1.807, 2.05) is 0 Å². The number of unbranched alkanes of at least 4 members (excludes halogenated alkanes) is 4. The van der Waals surface area contributed by atoms with Crippen LogP contribution in [0.3, 0.4) is 0 Å². The van der Waals surface area contributed by atoms with Crippen molar-refractivity contribution in [1.29, 1.82) is 0 Å². The van der Waals surface area contributed by atoms with Crippen molar-refractivity contribution in [3.8, 4) is 0 Å². The molecule has 0 amide bonds. The van der Waals surface area contributed by atoms with E-state index in [2.05, 4.69) is 20.8 Å². The van der Waals surface area contributed by atoms with E-state index in [0.29, 0.717) is 10.8 Å². The van der Waals surface area contributed by atoms with Crippen molar-refractivity contribution in [3.63, 3.8) is 0 Å². The van der Waals surface area contributed by atoms with Crippen LogP contribution in [-0.4, -0.2) is 11.2 Å². The van der Waals surface area contributed by atoms with E-state index < -0.39 is 0 Å². The van der Waals surface area contributed by atoms with Crippen molar-refractivity contribution in [2.45, 2.75) is 123 Å². The average molecular weight is 375 g/mol. The Morgan fingerprint density at radius 1 is 0.778 bits per heavy atom. The Bertz CT molecular complexity index is 500. The Morgan fingerprint density at radius 2 is 1.52 bits per heavy atom. The Balaban J connectivity index is 1.41. The summed E-state index contributed by atoms with van der Waals surface area (Å²) in [5.41, 5.74) is 1.20. The molecule has 0 saturated heterocycles. The fourth-order valence-corrected chi connectivity index (χ4v) is 8.81. The molecule has 156 valence electrons. The van der Waals surface area contributed by atoms with Gasteiger partial charge in [0.15, 0.2) is 0 Å². The molecule has 4 rings (SSSR count). The minimum Gasteiger partial charge on any atom is -0.393 e. The third-order valence-electron chi connectivity index (χ3n) is 10.5. The largest absolute Gasteiger partial charge is 0.393 e. The van der Waals surface area contributed by atoms with Gasteiger partial charge in [-0.3, -0.25) is 0 Å². The molecular weight excluding hydrogens is 328 g/mol. The van der Waals surface area contributed by atoms with Crippen LogP contribution in [0.4, 0.5) is 0 Å². The smallest absolute Gasteiger partial charge is 0.0543 e. The fourth-order valence-electron chi connectivity index (χ4n) is 8.81. The van der Waals surface area contributed by atoms with Gasteiger partial charge in [-0.25, -0.2) is 0 Å². The molecule has 4 aliphatic carbocycles. The standard InChI is InChI=1S/C26H46O/c1-4-5-6-7-8-9-19-11-13-23-22-12-10-20-18-21(27)14-16-26(20,3)24(22)15-17-25(19,23)2/h19-24,27H,4-18H2,1-3H3. The maximum absolute atomic E-state index is 10.2. The Labute approximate surface area is 169 Å². The molecule has 8 atom stereocenters. The number of hydrogen-bond acceptors (Lipinski definition) is 1. The van der Waals surface area contributed by atoms with E-state index in [1.54, 1.807) is 0 Å². The molecule has 0 aromatic carbocycles. The van der Waals surface area contributed by atoms with Crippen LogP contribution in [0.2, 0.25) is 0 Å². The molecule has 4 fully saturated rings.